The molecule has 0 spiro atoms. The summed E-state index contributed by atoms with van der Waals surface area (Å²) in [6.45, 7) is 8.69. The third-order valence-electron chi connectivity index (χ3n) is 6.98. The number of nitrogens with zero attached hydrogens (tertiary/aromatic N) is 2. The molecule has 2 aliphatic rings. The van der Waals surface area contributed by atoms with Crippen LogP contribution in [0, 0.1) is 0 Å². The number of amides is 1. The molecule has 2 heterocycles. The molecule has 0 unspecified atom stereocenters. The fourth-order valence-electron chi connectivity index (χ4n) is 4.92. The van der Waals surface area contributed by atoms with E-state index < -0.39 is 6.09 Å². The highest BCUT2D eigenvalue weighted by Gasteiger charge is 2.27. The smallest absolute Gasteiger partial charge is 0.411 e. The van der Waals surface area contributed by atoms with Crippen LogP contribution in [0.25, 0.3) is 22.2 Å². The quantitative estimate of drug-likeness (QED) is 0.444. The Bertz CT molecular complexity index is 1190. The molecule has 0 radical (unpaired) electrons. The standard InChI is InChI=1S/C28H36N4O4/c1-19(2)36-28(33)30-21-8-6-20(7-9-21)27-26(29)24-11-10-23(18-25(24)32(27)22-4-3-5-22)35-17-14-31-12-15-34-16-13-31/h6-11,18-19,22H,3-5,12-17,29H2,1-2H3,(H,30,33). The minimum absolute atomic E-state index is 0.171. The summed E-state index contributed by atoms with van der Waals surface area (Å²) in [6.07, 6.45) is 2.87. The van der Waals surface area contributed by atoms with Crippen LogP contribution in [0.4, 0.5) is 16.2 Å². The van der Waals surface area contributed by atoms with E-state index in [-0.39, 0.29) is 6.10 Å². The predicted molar refractivity (Wildman–Crippen MR) is 143 cm³/mol. The van der Waals surface area contributed by atoms with E-state index in [4.69, 9.17) is 19.9 Å². The number of anilines is 2. The van der Waals surface area contributed by atoms with Gasteiger partial charge >= 0.3 is 6.09 Å². The molecule has 36 heavy (non-hydrogen) atoms. The van der Waals surface area contributed by atoms with Crippen molar-refractivity contribution in [1.29, 1.82) is 0 Å². The molecule has 3 aromatic rings. The van der Waals surface area contributed by atoms with Crippen LogP contribution in [0.5, 0.6) is 5.75 Å². The van der Waals surface area contributed by atoms with Crippen LogP contribution in [0.1, 0.15) is 39.2 Å². The molecular weight excluding hydrogens is 456 g/mol. The second-order valence-corrected chi connectivity index (χ2v) is 9.85. The number of morpholine rings is 1. The van der Waals surface area contributed by atoms with Gasteiger partial charge in [0.15, 0.2) is 0 Å². The number of nitrogens with one attached hydrogen (secondary N) is 1. The number of benzene rings is 2. The van der Waals surface area contributed by atoms with Gasteiger partial charge in [0, 0.05) is 48.4 Å². The van der Waals surface area contributed by atoms with Gasteiger partial charge in [-0.2, -0.15) is 0 Å². The molecule has 1 aliphatic heterocycles. The Hall–Kier alpha value is -3.23. The molecule has 2 aromatic carbocycles. The zero-order valence-electron chi connectivity index (χ0n) is 21.2. The monoisotopic (exact) mass is 492 g/mol. The van der Waals surface area contributed by atoms with Crippen LogP contribution in [-0.4, -0.2) is 61.1 Å². The average Bonchev–Trinajstić information content (AvgIpc) is 3.10. The Kier molecular flexibility index (Phi) is 7.34. The molecular formula is C28H36N4O4. The van der Waals surface area contributed by atoms with Crippen molar-refractivity contribution in [2.24, 2.45) is 0 Å². The fraction of sp³-hybridized carbons (Fsp3) is 0.464. The van der Waals surface area contributed by atoms with Gasteiger partial charge in [0.2, 0.25) is 0 Å². The molecule has 192 valence electrons. The van der Waals surface area contributed by atoms with E-state index in [1.165, 1.54) is 6.42 Å². The van der Waals surface area contributed by atoms with Crippen molar-refractivity contribution in [3.8, 4) is 17.0 Å². The largest absolute Gasteiger partial charge is 0.492 e. The van der Waals surface area contributed by atoms with Crippen molar-refractivity contribution < 1.29 is 19.0 Å². The number of rotatable bonds is 8. The Morgan fingerprint density at radius 3 is 2.56 bits per heavy atom. The predicted octanol–water partition coefficient (Wildman–Crippen LogP) is 5.28. The number of carbonyl (C=O) groups excluding carboxylic acids is 1. The maximum absolute atomic E-state index is 12.0. The van der Waals surface area contributed by atoms with Crippen LogP contribution >= 0.6 is 0 Å². The molecule has 1 aromatic heterocycles. The van der Waals surface area contributed by atoms with Gasteiger partial charge in [-0.15, -0.1) is 0 Å². The molecule has 5 rings (SSSR count). The maximum atomic E-state index is 12.0. The van der Waals surface area contributed by atoms with E-state index in [1.807, 2.05) is 44.2 Å². The zero-order chi connectivity index (χ0) is 25.1. The van der Waals surface area contributed by atoms with Crippen molar-refractivity contribution in [3.05, 3.63) is 42.5 Å². The minimum atomic E-state index is -0.456. The van der Waals surface area contributed by atoms with Crippen molar-refractivity contribution in [1.82, 2.24) is 9.47 Å². The summed E-state index contributed by atoms with van der Waals surface area (Å²) in [5.41, 5.74) is 11.4. The van der Waals surface area contributed by atoms with Gasteiger partial charge in [-0.1, -0.05) is 12.1 Å². The van der Waals surface area contributed by atoms with E-state index in [1.54, 1.807) is 0 Å². The van der Waals surface area contributed by atoms with Gasteiger partial charge in [0.05, 0.1) is 36.2 Å². The minimum Gasteiger partial charge on any atom is -0.492 e. The van der Waals surface area contributed by atoms with Gasteiger partial charge in [-0.25, -0.2) is 4.79 Å². The number of hydrogen-bond acceptors (Lipinski definition) is 6. The van der Waals surface area contributed by atoms with E-state index in [0.29, 0.717) is 18.3 Å². The lowest BCUT2D eigenvalue weighted by molar-refractivity contribution is 0.0322. The molecule has 1 aliphatic carbocycles. The fourth-order valence-corrected chi connectivity index (χ4v) is 4.92. The van der Waals surface area contributed by atoms with Crippen LogP contribution in [-0.2, 0) is 9.47 Å². The summed E-state index contributed by atoms with van der Waals surface area (Å²) in [4.78, 5) is 14.3. The number of nitrogens with two attached hydrogens (primary N) is 1. The first-order valence-electron chi connectivity index (χ1n) is 12.9. The van der Waals surface area contributed by atoms with Crippen molar-refractivity contribution >= 4 is 28.4 Å². The zero-order valence-corrected chi connectivity index (χ0v) is 21.2. The van der Waals surface area contributed by atoms with E-state index in [2.05, 4.69) is 26.9 Å². The third-order valence-corrected chi connectivity index (χ3v) is 6.98. The van der Waals surface area contributed by atoms with E-state index >= 15 is 0 Å². The second kappa shape index (κ2) is 10.8. The highest BCUT2D eigenvalue weighted by molar-refractivity contribution is 6.01. The van der Waals surface area contributed by atoms with Crippen molar-refractivity contribution in [3.63, 3.8) is 0 Å². The van der Waals surface area contributed by atoms with Crippen LogP contribution in [0.3, 0.4) is 0 Å². The van der Waals surface area contributed by atoms with Crippen molar-refractivity contribution in [2.75, 3.05) is 50.5 Å². The molecule has 0 bridgehead atoms. The lowest BCUT2D eigenvalue weighted by Crippen LogP contribution is -2.38. The molecule has 3 N–H and O–H groups in total. The molecule has 8 nitrogen and oxygen atoms in total. The molecule has 0 atom stereocenters. The lowest BCUT2D eigenvalue weighted by Gasteiger charge is -2.30. The van der Waals surface area contributed by atoms with E-state index in [9.17, 15) is 4.79 Å². The van der Waals surface area contributed by atoms with Crippen molar-refractivity contribution in [2.45, 2.75) is 45.3 Å². The number of carbonyl (C=O) groups is 1. The topological polar surface area (TPSA) is 91.0 Å². The molecule has 1 saturated heterocycles. The van der Waals surface area contributed by atoms with Crippen LogP contribution < -0.4 is 15.8 Å². The molecule has 1 amide bonds. The summed E-state index contributed by atoms with van der Waals surface area (Å²) < 4.78 is 19.1. The summed E-state index contributed by atoms with van der Waals surface area (Å²) >= 11 is 0. The highest BCUT2D eigenvalue weighted by atomic mass is 16.6. The Balaban J connectivity index is 1.39. The Morgan fingerprint density at radius 2 is 1.89 bits per heavy atom. The lowest BCUT2D eigenvalue weighted by atomic mass is 9.92. The molecule has 8 heteroatoms. The summed E-state index contributed by atoms with van der Waals surface area (Å²) in [6, 6.07) is 14.4. The summed E-state index contributed by atoms with van der Waals surface area (Å²) in [5, 5.41) is 3.82. The third kappa shape index (κ3) is 5.29. The first kappa shape index (κ1) is 24.5. The maximum Gasteiger partial charge on any atom is 0.411 e. The number of nitrogen functional groups attached to an aromatic ring is 1. The van der Waals surface area contributed by atoms with Gasteiger partial charge in [-0.3, -0.25) is 10.2 Å². The van der Waals surface area contributed by atoms with E-state index in [0.717, 1.165) is 79.3 Å². The average molecular weight is 493 g/mol. The van der Waals surface area contributed by atoms with Gasteiger partial charge < -0.3 is 24.5 Å². The van der Waals surface area contributed by atoms with Crippen LogP contribution in [0.15, 0.2) is 42.5 Å². The summed E-state index contributed by atoms with van der Waals surface area (Å²) in [5.74, 6) is 0.864. The van der Waals surface area contributed by atoms with Gasteiger partial charge in [0.25, 0.3) is 0 Å². The number of aromatic nitrogens is 1. The molecule has 2 fully saturated rings. The normalized spacial score (nSPS) is 16.8. The van der Waals surface area contributed by atoms with Crippen LogP contribution in [0.2, 0.25) is 0 Å². The SMILES string of the molecule is CC(C)OC(=O)Nc1ccc(-c2c(N)c3ccc(OCCN4CCOCC4)cc3n2C2CCC2)cc1. The number of ether oxygens (including phenoxy) is 3. The second-order valence-electron chi connectivity index (χ2n) is 9.85. The number of hydrogen-bond donors (Lipinski definition) is 2. The Morgan fingerprint density at radius 1 is 1.14 bits per heavy atom. The van der Waals surface area contributed by atoms with Gasteiger partial charge in [-0.05, 0) is 57.4 Å². The highest BCUT2D eigenvalue weighted by Crippen LogP contribution is 2.44. The first-order chi connectivity index (χ1) is 17.5. The first-order valence-corrected chi connectivity index (χ1v) is 12.9. The van der Waals surface area contributed by atoms with Gasteiger partial charge in [0.1, 0.15) is 12.4 Å². The Labute approximate surface area is 212 Å². The number of fused-ring (bicyclic) bond motifs is 1. The molecule has 1 saturated carbocycles. The summed E-state index contributed by atoms with van der Waals surface area (Å²) in [7, 11) is 0.